The van der Waals surface area contributed by atoms with Gasteiger partial charge in [-0.3, -0.25) is 15.0 Å². The number of non-ortho nitro benzene ring substituents is 1. The zero-order valence-corrected chi connectivity index (χ0v) is 12.3. The van der Waals surface area contributed by atoms with Crippen molar-refractivity contribution in [2.24, 2.45) is 0 Å². The van der Waals surface area contributed by atoms with Gasteiger partial charge < -0.3 is 4.98 Å². The summed E-state index contributed by atoms with van der Waals surface area (Å²) in [6.07, 6.45) is 1.87. The predicted molar refractivity (Wildman–Crippen MR) is 84.3 cm³/mol. The molecular formula is C17H14FN3O2. The van der Waals surface area contributed by atoms with E-state index < -0.39 is 4.92 Å². The lowest BCUT2D eigenvalue weighted by Crippen LogP contribution is -2.15. The first kappa shape index (κ1) is 13.9. The molecule has 0 saturated heterocycles. The molecule has 0 fully saturated rings. The number of benzene rings is 2. The highest BCUT2D eigenvalue weighted by atomic mass is 19.1. The second-order valence-corrected chi connectivity index (χ2v) is 5.82. The van der Waals surface area contributed by atoms with Gasteiger partial charge in [0.25, 0.3) is 5.69 Å². The maximum Gasteiger partial charge on any atom is 0.270 e. The first-order chi connectivity index (χ1) is 11.1. The highest BCUT2D eigenvalue weighted by molar-refractivity contribution is 5.85. The summed E-state index contributed by atoms with van der Waals surface area (Å²) in [4.78, 5) is 15.8. The Hall–Kier alpha value is -2.73. The van der Waals surface area contributed by atoms with Crippen LogP contribution in [0.1, 0.15) is 16.7 Å². The minimum atomic E-state index is -0.392. The van der Waals surface area contributed by atoms with E-state index in [2.05, 4.69) is 9.88 Å². The van der Waals surface area contributed by atoms with Crippen molar-refractivity contribution in [3.8, 4) is 0 Å². The summed E-state index contributed by atoms with van der Waals surface area (Å²) in [7, 11) is 0. The maximum absolute atomic E-state index is 13.8. The molecule has 6 heteroatoms. The number of rotatable bonds is 3. The van der Waals surface area contributed by atoms with E-state index in [1.165, 1.54) is 12.1 Å². The number of fused-ring (bicyclic) bond motifs is 2. The van der Waals surface area contributed by atoms with E-state index in [1.54, 1.807) is 18.2 Å². The molecule has 1 aliphatic rings. The molecule has 23 heavy (non-hydrogen) atoms. The molecular weight excluding hydrogens is 297 g/mol. The summed E-state index contributed by atoms with van der Waals surface area (Å²) in [5.74, 6) is -0.167. The topological polar surface area (TPSA) is 62.2 Å². The van der Waals surface area contributed by atoms with Crippen LogP contribution in [0.4, 0.5) is 10.1 Å². The molecule has 0 saturated carbocycles. The highest BCUT2D eigenvalue weighted by Gasteiger charge is 2.22. The largest absolute Gasteiger partial charge is 0.361 e. The van der Waals surface area contributed by atoms with Gasteiger partial charge in [-0.15, -0.1) is 0 Å². The Labute approximate surface area is 131 Å². The Morgan fingerprint density at radius 1 is 1.26 bits per heavy atom. The zero-order valence-electron chi connectivity index (χ0n) is 12.3. The van der Waals surface area contributed by atoms with Crippen molar-refractivity contribution >= 4 is 16.6 Å². The molecule has 2 heterocycles. The minimum Gasteiger partial charge on any atom is -0.361 e. The number of aromatic amines is 1. The van der Waals surface area contributed by atoms with E-state index in [0.29, 0.717) is 19.6 Å². The van der Waals surface area contributed by atoms with Crippen molar-refractivity contribution in [2.45, 2.75) is 19.6 Å². The van der Waals surface area contributed by atoms with Gasteiger partial charge in [0.05, 0.1) is 4.92 Å². The molecule has 1 aliphatic heterocycles. The summed E-state index contributed by atoms with van der Waals surface area (Å²) < 4.78 is 13.8. The van der Waals surface area contributed by atoms with Crippen molar-refractivity contribution in [3.63, 3.8) is 0 Å². The third-order valence-electron chi connectivity index (χ3n) is 4.35. The fourth-order valence-electron chi connectivity index (χ4n) is 3.21. The van der Waals surface area contributed by atoms with Crippen molar-refractivity contribution in [3.05, 3.63) is 75.2 Å². The molecule has 1 aromatic heterocycles. The lowest BCUT2D eigenvalue weighted by atomic mass is 10.1. The number of H-pyrrole nitrogens is 1. The van der Waals surface area contributed by atoms with Gasteiger partial charge in [-0.05, 0) is 23.3 Å². The summed E-state index contributed by atoms with van der Waals surface area (Å²) in [5.41, 5.74) is 3.69. The number of aromatic nitrogens is 1. The summed E-state index contributed by atoms with van der Waals surface area (Å²) in [6, 6.07) is 9.95. The van der Waals surface area contributed by atoms with Gasteiger partial charge in [0.1, 0.15) is 5.82 Å². The number of nitro benzene ring substituents is 1. The molecule has 0 atom stereocenters. The smallest absolute Gasteiger partial charge is 0.270 e. The SMILES string of the molecule is O=[N+]([O-])c1ccc2[nH]cc(CN3Cc4cccc(F)c4C3)c2c1. The molecule has 0 aliphatic carbocycles. The number of hydrogen-bond donors (Lipinski definition) is 1. The Balaban J connectivity index is 1.63. The van der Waals surface area contributed by atoms with Crippen molar-refractivity contribution in [2.75, 3.05) is 0 Å². The van der Waals surface area contributed by atoms with E-state index in [0.717, 1.165) is 27.6 Å². The Kier molecular flexibility index (Phi) is 3.12. The Morgan fingerprint density at radius 3 is 2.91 bits per heavy atom. The summed E-state index contributed by atoms with van der Waals surface area (Å²) in [6.45, 7) is 1.87. The van der Waals surface area contributed by atoms with Gasteiger partial charge >= 0.3 is 0 Å². The first-order valence-electron chi connectivity index (χ1n) is 7.35. The van der Waals surface area contributed by atoms with E-state index in [1.807, 2.05) is 12.3 Å². The maximum atomic E-state index is 13.8. The second kappa shape index (κ2) is 5.17. The van der Waals surface area contributed by atoms with E-state index in [4.69, 9.17) is 0 Å². The number of hydrogen-bond acceptors (Lipinski definition) is 3. The van der Waals surface area contributed by atoms with Crippen LogP contribution in [0.5, 0.6) is 0 Å². The molecule has 5 nitrogen and oxygen atoms in total. The summed E-state index contributed by atoms with van der Waals surface area (Å²) >= 11 is 0. The lowest BCUT2D eigenvalue weighted by molar-refractivity contribution is -0.384. The third kappa shape index (κ3) is 2.37. The van der Waals surface area contributed by atoms with Crippen LogP contribution in [-0.2, 0) is 19.6 Å². The molecule has 0 unspecified atom stereocenters. The lowest BCUT2D eigenvalue weighted by Gasteiger charge is -2.13. The van der Waals surface area contributed by atoms with Gasteiger partial charge in [0.15, 0.2) is 0 Å². The van der Waals surface area contributed by atoms with Crippen LogP contribution in [0.2, 0.25) is 0 Å². The fraction of sp³-hybridized carbons (Fsp3) is 0.176. The quantitative estimate of drug-likeness (QED) is 0.592. The molecule has 0 amide bonds. The predicted octanol–water partition coefficient (Wildman–Crippen LogP) is 3.73. The molecule has 0 radical (unpaired) electrons. The van der Waals surface area contributed by atoms with Crippen molar-refractivity contribution in [1.82, 2.24) is 9.88 Å². The van der Waals surface area contributed by atoms with Crippen molar-refractivity contribution in [1.29, 1.82) is 0 Å². The Morgan fingerprint density at radius 2 is 2.13 bits per heavy atom. The summed E-state index contributed by atoms with van der Waals surface area (Å²) in [5, 5.41) is 11.8. The number of nitro groups is 1. The molecule has 3 aromatic rings. The number of nitrogens with one attached hydrogen (secondary N) is 1. The number of halogens is 1. The fourth-order valence-corrected chi connectivity index (χ4v) is 3.21. The van der Waals surface area contributed by atoms with Crippen LogP contribution in [0.15, 0.2) is 42.6 Å². The van der Waals surface area contributed by atoms with Gasteiger partial charge in [-0.2, -0.15) is 0 Å². The molecule has 4 rings (SSSR count). The van der Waals surface area contributed by atoms with Crippen LogP contribution in [0, 0.1) is 15.9 Å². The monoisotopic (exact) mass is 311 g/mol. The normalized spacial score (nSPS) is 14.3. The molecule has 1 N–H and O–H groups in total. The molecule has 2 aromatic carbocycles. The first-order valence-corrected chi connectivity index (χ1v) is 7.35. The highest BCUT2D eigenvalue weighted by Crippen LogP contribution is 2.29. The van der Waals surface area contributed by atoms with Gasteiger partial charge in [-0.25, -0.2) is 4.39 Å². The van der Waals surface area contributed by atoms with E-state index in [-0.39, 0.29) is 11.5 Å². The average molecular weight is 311 g/mol. The van der Waals surface area contributed by atoms with Crippen LogP contribution in [-0.4, -0.2) is 14.8 Å². The van der Waals surface area contributed by atoms with Gasteiger partial charge in [0.2, 0.25) is 0 Å². The van der Waals surface area contributed by atoms with Crippen LogP contribution in [0.3, 0.4) is 0 Å². The van der Waals surface area contributed by atoms with Crippen LogP contribution >= 0.6 is 0 Å². The Bertz CT molecular complexity index is 919. The van der Waals surface area contributed by atoms with Gasteiger partial charge in [-0.1, -0.05) is 12.1 Å². The minimum absolute atomic E-state index is 0.0779. The molecule has 116 valence electrons. The number of nitrogens with zero attached hydrogens (tertiary/aromatic N) is 2. The molecule has 0 bridgehead atoms. The van der Waals surface area contributed by atoms with E-state index >= 15 is 0 Å². The van der Waals surface area contributed by atoms with Crippen molar-refractivity contribution < 1.29 is 9.31 Å². The van der Waals surface area contributed by atoms with E-state index in [9.17, 15) is 14.5 Å². The van der Waals surface area contributed by atoms with Gasteiger partial charge in [0, 0.05) is 54.4 Å². The van der Waals surface area contributed by atoms with Crippen LogP contribution in [0.25, 0.3) is 10.9 Å². The zero-order chi connectivity index (χ0) is 16.0. The molecule has 0 spiro atoms. The second-order valence-electron chi connectivity index (χ2n) is 5.82. The van der Waals surface area contributed by atoms with Crippen LogP contribution < -0.4 is 0 Å². The standard InChI is InChI=1S/C17H14FN3O2/c18-16-3-1-2-11-8-20(10-15(11)16)9-12-7-19-17-5-4-13(21(22)23)6-14(12)17/h1-7,19H,8-10H2. The third-order valence-corrected chi connectivity index (χ3v) is 4.35. The average Bonchev–Trinajstić information content (AvgIpc) is 3.12.